The maximum atomic E-state index is 13.9. The third-order valence-corrected chi connectivity index (χ3v) is 6.56. The molecule has 1 amide bonds. The molecule has 1 spiro atoms. The third-order valence-electron chi connectivity index (χ3n) is 6.56. The highest BCUT2D eigenvalue weighted by molar-refractivity contribution is 5.90. The number of anilines is 2. The summed E-state index contributed by atoms with van der Waals surface area (Å²) in [4.78, 5) is 18.5. The average molecular weight is 448 g/mol. The predicted molar refractivity (Wildman–Crippen MR) is 123 cm³/mol. The molecule has 0 bridgehead atoms. The van der Waals surface area contributed by atoms with Gasteiger partial charge in [0.15, 0.2) is 0 Å². The molecule has 1 N–H and O–H groups in total. The lowest BCUT2D eigenvalue weighted by Crippen LogP contribution is -2.39. The molecule has 1 aliphatic carbocycles. The first kappa shape index (κ1) is 21.3. The van der Waals surface area contributed by atoms with Gasteiger partial charge >= 0.3 is 6.09 Å². The minimum atomic E-state index is -0.411. The van der Waals surface area contributed by atoms with E-state index in [0.717, 1.165) is 43.6 Å². The fourth-order valence-electron chi connectivity index (χ4n) is 4.68. The molecule has 1 aliphatic heterocycles. The van der Waals surface area contributed by atoms with E-state index in [1.54, 1.807) is 35.4 Å². The Morgan fingerprint density at radius 3 is 2.70 bits per heavy atom. The van der Waals surface area contributed by atoms with Gasteiger partial charge in [-0.25, -0.2) is 9.18 Å². The van der Waals surface area contributed by atoms with Gasteiger partial charge in [-0.2, -0.15) is 0 Å². The molecule has 1 saturated carbocycles. The van der Waals surface area contributed by atoms with Crippen LogP contribution in [0.5, 0.6) is 0 Å². The molecule has 2 aliphatic rings. The van der Waals surface area contributed by atoms with Crippen LogP contribution in [0.25, 0.3) is 11.3 Å². The van der Waals surface area contributed by atoms with Gasteiger partial charge in [0.2, 0.25) is 0 Å². The summed E-state index contributed by atoms with van der Waals surface area (Å²) >= 11 is 0. The number of hydrogen-bond acceptors (Lipinski definition) is 6. The number of benzene rings is 1. The Morgan fingerprint density at radius 2 is 1.97 bits per heavy atom. The molecule has 1 aromatic carbocycles. The number of aromatic nitrogens is 3. The molecular weight excluding hydrogens is 421 g/mol. The van der Waals surface area contributed by atoms with Crippen molar-refractivity contribution in [2.24, 2.45) is 5.92 Å². The fourth-order valence-corrected chi connectivity index (χ4v) is 4.68. The molecular formula is C25H26FN5O2. The number of pyridine rings is 1. The summed E-state index contributed by atoms with van der Waals surface area (Å²) in [6.07, 6.45) is 5.04. The van der Waals surface area contributed by atoms with Gasteiger partial charge in [0.05, 0.1) is 17.9 Å². The summed E-state index contributed by atoms with van der Waals surface area (Å²) in [5, 5.41) is 11.7. The van der Waals surface area contributed by atoms with Crippen LogP contribution < -0.4 is 10.2 Å². The second kappa shape index (κ2) is 8.77. The number of halogens is 1. The van der Waals surface area contributed by atoms with Crippen LogP contribution in [0.2, 0.25) is 0 Å². The lowest BCUT2D eigenvalue weighted by atomic mass is 9.78. The maximum absolute atomic E-state index is 13.9. The number of ether oxygens (including phenoxy) is 1. The Balaban J connectivity index is 1.15. The van der Waals surface area contributed by atoms with Gasteiger partial charge in [0.1, 0.15) is 17.2 Å². The molecule has 170 valence electrons. The van der Waals surface area contributed by atoms with Gasteiger partial charge in [-0.15, -0.1) is 10.2 Å². The number of rotatable bonds is 5. The Hall–Kier alpha value is -3.55. The van der Waals surface area contributed by atoms with Crippen LogP contribution in [0.1, 0.15) is 31.4 Å². The Labute approximate surface area is 192 Å². The Bertz CT molecular complexity index is 1150. The second-order valence-corrected chi connectivity index (χ2v) is 8.90. The molecule has 5 rings (SSSR count). The minimum absolute atomic E-state index is 0.276. The monoisotopic (exact) mass is 447 g/mol. The van der Waals surface area contributed by atoms with Crippen molar-refractivity contribution in [3.8, 4) is 11.3 Å². The van der Waals surface area contributed by atoms with Crippen LogP contribution in [0.4, 0.5) is 20.7 Å². The van der Waals surface area contributed by atoms with Crippen LogP contribution in [-0.4, -0.2) is 40.0 Å². The van der Waals surface area contributed by atoms with Gasteiger partial charge in [-0.05, 0) is 74.9 Å². The van der Waals surface area contributed by atoms with E-state index in [4.69, 9.17) is 4.74 Å². The van der Waals surface area contributed by atoms with E-state index in [-0.39, 0.29) is 11.9 Å². The second-order valence-electron chi connectivity index (χ2n) is 8.90. The molecule has 3 heterocycles. The van der Waals surface area contributed by atoms with Crippen molar-refractivity contribution >= 4 is 17.6 Å². The van der Waals surface area contributed by atoms with E-state index < -0.39 is 5.60 Å². The van der Waals surface area contributed by atoms with Crippen molar-refractivity contribution in [3.63, 3.8) is 0 Å². The Kier molecular flexibility index (Phi) is 5.66. The number of nitrogens with one attached hydrogen (secondary N) is 1. The lowest BCUT2D eigenvalue weighted by molar-refractivity contribution is 0.0148. The van der Waals surface area contributed by atoms with Crippen LogP contribution in [-0.2, 0) is 4.74 Å². The number of carbonyl (C=O) groups is 1. The zero-order valence-corrected chi connectivity index (χ0v) is 18.5. The zero-order chi connectivity index (χ0) is 22.8. The van der Waals surface area contributed by atoms with E-state index in [1.165, 1.54) is 6.07 Å². The number of aryl methyl sites for hydroxylation is 1. The molecule has 0 radical (unpaired) electrons. The number of amides is 1. The van der Waals surface area contributed by atoms with Crippen molar-refractivity contribution in [2.75, 3.05) is 23.3 Å². The van der Waals surface area contributed by atoms with Crippen molar-refractivity contribution in [1.82, 2.24) is 15.2 Å². The zero-order valence-electron chi connectivity index (χ0n) is 18.5. The quantitative estimate of drug-likeness (QED) is 0.594. The van der Waals surface area contributed by atoms with Crippen molar-refractivity contribution in [3.05, 3.63) is 66.2 Å². The van der Waals surface area contributed by atoms with Gasteiger partial charge in [0.25, 0.3) is 0 Å². The summed E-state index contributed by atoms with van der Waals surface area (Å²) in [5.41, 5.74) is 2.25. The van der Waals surface area contributed by atoms with Gasteiger partial charge in [-0.3, -0.25) is 9.88 Å². The van der Waals surface area contributed by atoms with Gasteiger partial charge in [-0.1, -0.05) is 12.1 Å². The molecule has 2 aromatic heterocycles. The van der Waals surface area contributed by atoms with Crippen LogP contribution >= 0.6 is 0 Å². The van der Waals surface area contributed by atoms with E-state index in [0.29, 0.717) is 29.5 Å². The van der Waals surface area contributed by atoms with Gasteiger partial charge in [0, 0.05) is 24.0 Å². The average Bonchev–Trinajstić information content (AvgIpc) is 3.15. The number of nitrogens with zero attached hydrogens (tertiary/aromatic N) is 4. The summed E-state index contributed by atoms with van der Waals surface area (Å²) in [6, 6.07) is 13.9. The van der Waals surface area contributed by atoms with Crippen molar-refractivity contribution in [1.29, 1.82) is 0 Å². The SMILES string of the molecule is Cc1cc(N2CC3(CCC(CNc4ccc(-c5ccccc5F)nn4)CC3)OC2=O)ccn1. The highest BCUT2D eigenvalue weighted by atomic mass is 19.1. The summed E-state index contributed by atoms with van der Waals surface area (Å²) < 4.78 is 19.8. The molecule has 1 saturated heterocycles. The predicted octanol–water partition coefficient (Wildman–Crippen LogP) is 4.98. The van der Waals surface area contributed by atoms with Gasteiger partial charge < -0.3 is 10.1 Å². The van der Waals surface area contributed by atoms with E-state index in [9.17, 15) is 9.18 Å². The topological polar surface area (TPSA) is 80.2 Å². The molecule has 8 heteroatoms. The van der Waals surface area contributed by atoms with Crippen molar-refractivity contribution in [2.45, 2.75) is 38.2 Å². The lowest BCUT2D eigenvalue weighted by Gasteiger charge is -2.35. The Morgan fingerprint density at radius 1 is 1.15 bits per heavy atom. The van der Waals surface area contributed by atoms with E-state index >= 15 is 0 Å². The molecule has 0 atom stereocenters. The molecule has 33 heavy (non-hydrogen) atoms. The largest absolute Gasteiger partial charge is 0.441 e. The number of hydrogen-bond donors (Lipinski definition) is 1. The summed E-state index contributed by atoms with van der Waals surface area (Å²) in [7, 11) is 0. The normalized spacial score (nSPS) is 22.4. The van der Waals surface area contributed by atoms with E-state index in [1.807, 2.05) is 25.1 Å². The highest BCUT2D eigenvalue weighted by Crippen LogP contribution is 2.40. The minimum Gasteiger partial charge on any atom is -0.441 e. The van der Waals surface area contributed by atoms with Crippen LogP contribution in [0.3, 0.4) is 0 Å². The molecule has 7 nitrogen and oxygen atoms in total. The standard InChI is InChI=1S/C25H26FN5O2/c1-17-14-19(10-13-27-17)31-16-25(33-24(31)32)11-8-18(9-12-25)15-28-23-7-6-22(29-30-23)20-4-2-3-5-21(20)26/h2-7,10,13-14,18H,8-9,11-12,15-16H2,1H3,(H,28,30). The summed E-state index contributed by atoms with van der Waals surface area (Å²) in [6.45, 7) is 3.26. The maximum Gasteiger partial charge on any atom is 0.415 e. The van der Waals surface area contributed by atoms with Crippen LogP contribution in [0, 0.1) is 18.7 Å². The third kappa shape index (κ3) is 4.51. The molecule has 0 unspecified atom stereocenters. The van der Waals surface area contributed by atoms with Crippen molar-refractivity contribution < 1.29 is 13.9 Å². The number of carbonyl (C=O) groups excluding carboxylic acids is 1. The molecule has 2 fully saturated rings. The smallest absolute Gasteiger partial charge is 0.415 e. The fraction of sp³-hybridized carbons (Fsp3) is 0.360. The first-order chi connectivity index (χ1) is 16.0. The summed E-state index contributed by atoms with van der Waals surface area (Å²) in [5.74, 6) is 0.815. The van der Waals surface area contributed by atoms with Crippen LogP contribution in [0.15, 0.2) is 54.7 Å². The first-order valence-corrected chi connectivity index (χ1v) is 11.3. The van der Waals surface area contributed by atoms with E-state index in [2.05, 4.69) is 20.5 Å². The highest BCUT2D eigenvalue weighted by Gasteiger charge is 2.47. The molecule has 3 aromatic rings. The first-order valence-electron chi connectivity index (χ1n) is 11.3.